The molecule has 0 radical (unpaired) electrons. The largest absolute Gasteiger partial charge is 0.507 e. The quantitative estimate of drug-likeness (QED) is 0.674. The summed E-state index contributed by atoms with van der Waals surface area (Å²) in [5, 5.41) is 9.45. The van der Waals surface area contributed by atoms with Crippen molar-refractivity contribution in [3.63, 3.8) is 0 Å². The highest BCUT2D eigenvalue weighted by molar-refractivity contribution is 9.10. The van der Waals surface area contributed by atoms with Crippen molar-refractivity contribution in [1.82, 2.24) is 4.98 Å². The predicted molar refractivity (Wildman–Crippen MR) is 73.2 cm³/mol. The van der Waals surface area contributed by atoms with Gasteiger partial charge in [0.2, 0.25) is 5.89 Å². The summed E-state index contributed by atoms with van der Waals surface area (Å²) in [6.45, 7) is 0. The molecule has 0 fully saturated rings. The lowest BCUT2D eigenvalue weighted by Crippen LogP contribution is -1.82. The molecule has 3 N–H and O–H groups in total. The minimum absolute atomic E-state index is 0.180. The van der Waals surface area contributed by atoms with E-state index in [4.69, 9.17) is 10.2 Å². The second-order valence-corrected chi connectivity index (χ2v) is 4.77. The topological polar surface area (TPSA) is 72.3 Å². The van der Waals surface area contributed by atoms with Gasteiger partial charge in [-0.2, -0.15) is 0 Å². The minimum atomic E-state index is 0.180. The van der Waals surface area contributed by atoms with Gasteiger partial charge in [-0.25, -0.2) is 4.98 Å². The van der Waals surface area contributed by atoms with Crippen LogP contribution in [0.15, 0.2) is 45.3 Å². The highest BCUT2D eigenvalue weighted by Crippen LogP contribution is 2.31. The number of nitrogen functional groups attached to an aromatic ring is 1. The van der Waals surface area contributed by atoms with E-state index >= 15 is 0 Å². The Labute approximate surface area is 111 Å². The van der Waals surface area contributed by atoms with Gasteiger partial charge in [-0.1, -0.05) is 0 Å². The normalized spacial score (nSPS) is 10.9. The summed E-state index contributed by atoms with van der Waals surface area (Å²) < 4.78 is 6.23. The Morgan fingerprint density at radius 3 is 2.78 bits per heavy atom. The first kappa shape index (κ1) is 11.1. The molecular formula is C13H9BrN2O2. The smallest absolute Gasteiger partial charge is 0.227 e. The summed E-state index contributed by atoms with van der Waals surface area (Å²) in [6.07, 6.45) is 0. The summed E-state index contributed by atoms with van der Waals surface area (Å²) in [7, 11) is 0. The van der Waals surface area contributed by atoms with Crippen LogP contribution in [0.25, 0.3) is 22.6 Å². The number of halogens is 1. The standard InChI is InChI=1S/C13H9BrN2O2/c14-9-5-7(1-3-11(9)17)13-16-10-6-8(15)2-4-12(10)18-13/h1-6,17H,15H2. The minimum Gasteiger partial charge on any atom is -0.507 e. The Balaban J connectivity index is 2.16. The summed E-state index contributed by atoms with van der Waals surface area (Å²) >= 11 is 3.26. The lowest BCUT2D eigenvalue weighted by Gasteiger charge is -1.98. The summed E-state index contributed by atoms with van der Waals surface area (Å²) in [5.74, 6) is 0.676. The van der Waals surface area contributed by atoms with Crippen molar-refractivity contribution in [2.45, 2.75) is 0 Å². The Kier molecular flexibility index (Phi) is 2.48. The van der Waals surface area contributed by atoms with Gasteiger partial charge < -0.3 is 15.3 Å². The van der Waals surface area contributed by atoms with Gasteiger partial charge in [0.25, 0.3) is 0 Å². The average molecular weight is 305 g/mol. The van der Waals surface area contributed by atoms with Gasteiger partial charge in [0.15, 0.2) is 5.58 Å². The molecule has 0 aliphatic heterocycles. The molecule has 0 saturated carbocycles. The van der Waals surface area contributed by atoms with Gasteiger partial charge in [0.05, 0.1) is 4.47 Å². The first-order valence-electron chi connectivity index (χ1n) is 5.28. The molecule has 5 heteroatoms. The van der Waals surface area contributed by atoms with Crippen molar-refractivity contribution in [2.75, 3.05) is 5.73 Å². The van der Waals surface area contributed by atoms with Crippen molar-refractivity contribution in [1.29, 1.82) is 0 Å². The number of rotatable bonds is 1. The van der Waals surface area contributed by atoms with Crippen molar-refractivity contribution in [2.24, 2.45) is 0 Å². The van der Waals surface area contributed by atoms with Crippen LogP contribution in [0.4, 0.5) is 5.69 Å². The molecule has 4 nitrogen and oxygen atoms in total. The van der Waals surface area contributed by atoms with E-state index in [1.165, 1.54) is 0 Å². The average Bonchev–Trinajstić information content (AvgIpc) is 2.75. The SMILES string of the molecule is Nc1ccc2oc(-c3ccc(O)c(Br)c3)nc2c1. The number of hydrogen-bond donors (Lipinski definition) is 2. The monoisotopic (exact) mass is 304 g/mol. The fourth-order valence-electron chi connectivity index (χ4n) is 1.71. The zero-order valence-corrected chi connectivity index (χ0v) is 10.8. The summed E-state index contributed by atoms with van der Waals surface area (Å²) in [5.41, 5.74) is 8.53. The van der Waals surface area contributed by atoms with Gasteiger partial charge in [-0.05, 0) is 52.3 Å². The molecule has 3 rings (SSSR count). The molecule has 0 atom stereocenters. The molecule has 3 aromatic rings. The van der Waals surface area contributed by atoms with Crippen LogP contribution < -0.4 is 5.73 Å². The first-order chi connectivity index (χ1) is 8.63. The highest BCUT2D eigenvalue weighted by atomic mass is 79.9. The van der Waals surface area contributed by atoms with Gasteiger partial charge >= 0.3 is 0 Å². The lowest BCUT2D eigenvalue weighted by atomic mass is 10.2. The highest BCUT2D eigenvalue weighted by Gasteiger charge is 2.10. The Morgan fingerprint density at radius 1 is 1.17 bits per heavy atom. The Hall–Kier alpha value is -2.01. The van der Waals surface area contributed by atoms with E-state index in [1.807, 2.05) is 0 Å². The molecule has 2 aromatic carbocycles. The van der Waals surface area contributed by atoms with Crippen LogP contribution in [0.2, 0.25) is 0 Å². The molecule has 0 amide bonds. The van der Waals surface area contributed by atoms with Crippen LogP contribution >= 0.6 is 15.9 Å². The number of benzene rings is 2. The lowest BCUT2D eigenvalue weighted by molar-refractivity contribution is 0.472. The molecule has 1 heterocycles. The molecular weight excluding hydrogens is 296 g/mol. The summed E-state index contributed by atoms with van der Waals surface area (Å²) in [6, 6.07) is 10.4. The second kappa shape index (κ2) is 4.03. The number of fused-ring (bicyclic) bond motifs is 1. The van der Waals surface area contributed by atoms with Crippen LogP contribution in [0.5, 0.6) is 5.75 Å². The zero-order valence-electron chi connectivity index (χ0n) is 9.22. The fraction of sp³-hybridized carbons (Fsp3) is 0. The number of oxazole rings is 1. The van der Waals surface area contributed by atoms with E-state index in [1.54, 1.807) is 36.4 Å². The molecule has 0 saturated heterocycles. The van der Waals surface area contributed by atoms with Crippen LogP contribution in [0.3, 0.4) is 0 Å². The van der Waals surface area contributed by atoms with Crippen LogP contribution in [0, 0.1) is 0 Å². The number of phenolic OH excluding ortho intramolecular Hbond substituents is 1. The molecule has 90 valence electrons. The number of hydrogen-bond acceptors (Lipinski definition) is 4. The van der Waals surface area contributed by atoms with Crippen molar-refractivity contribution in [3.05, 3.63) is 40.9 Å². The van der Waals surface area contributed by atoms with E-state index in [9.17, 15) is 5.11 Å². The predicted octanol–water partition coefficient (Wildman–Crippen LogP) is 3.55. The maximum absolute atomic E-state index is 9.45. The van der Waals surface area contributed by atoms with Crippen LogP contribution in [0.1, 0.15) is 0 Å². The van der Waals surface area contributed by atoms with Crippen LogP contribution in [-0.4, -0.2) is 10.1 Å². The van der Waals surface area contributed by atoms with E-state index < -0.39 is 0 Å². The van der Waals surface area contributed by atoms with E-state index in [0.717, 1.165) is 5.56 Å². The molecule has 0 spiro atoms. The third-order valence-corrected chi connectivity index (χ3v) is 3.24. The first-order valence-corrected chi connectivity index (χ1v) is 6.08. The van der Waals surface area contributed by atoms with Gasteiger partial charge in [0, 0.05) is 11.3 Å². The van der Waals surface area contributed by atoms with Crippen molar-refractivity contribution in [3.8, 4) is 17.2 Å². The third kappa shape index (κ3) is 1.82. The fourth-order valence-corrected chi connectivity index (χ4v) is 2.09. The van der Waals surface area contributed by atoms with Crippen molar-refractivity contribution < 1.29 is 9.52 Å². The number of nitrogens with two attached hydrogens (primary N) is 1. The molecule has 0 aliphatic rings. The maximum atomic E-state index is 9.45. The van der Waals surface area contributed by atoms with Gasteiger partial charge in [-0.3, -0.25) is 0 Å². The number of aromatic nitrogens is 1. The molecule has 0 aliphatic carbocycles. The van der Waals surface area contributed by atoms with Crippen LogP contribution in [-0.2, 0) is 0 Å². The number of anilines is 1. The van der Waals surface area contributed by atoms with E-state index in [0.29, 0.717) is 27.2 Å². The number of phenols is 1. The Morgan fingerprint density at radius 2 is 2.00 bits per heavy atom. The van der Waals surface area contributed by atoms with Gasteiger partial charge in [-0.15, -0.1) is 0 Å². The molecule has 1 aromatic heterocycles. The number of nitrogens with zero attached hydrogens (tertiary/aromatic N) is 1. The molecule has 0 bridgehead atoms. The Bertz CT molecular complexity index is 737. The van der Waals surface area contributed by atoms with E-state index in [-0.39, 0.29) is 5.75 Å². The summed E-state index contributed by atoms with van der Waals surface area (Å²) in [4.78, 5) is 4.37. The zero-order chi connectivity index (χ0) is 12.7. The molecule has 18 heavy (non-hydrogen) atoms. The molecule has 0 unspecified atom stereocenters. The van der Waals surface area contributed by atoms with Gasteiger partial charge in [0.1, 0.15) is 11.3 Å². The second-order valence-electron chi connectivity index (χ2n) is 3.91. The third-order valence-electron chi connectivity index (χ3n) is 2.61. The van der Waals surface area contributed by atoms with E-state index in [2.05, 4.69) is 20.9 Å². The van der Waals surface area contributed by atoms with Crippen molar-refractivity contribution >= 4 is 32.7 Å². The maximum Gasteiger partial charge on any atom is 0.227 e. The number of aromatic hydroxyl groups is 1.